The van der Waals surface area contributed by atoms with Crippen molar-refractivity contribution in [3.63, 3.8) is 0 Å². The van der Waals surface area contributed by atoms with Gasteiger partial charge in [0, 0.05) is 10.6 Å². The molecule has 0 atom stereocenters. The molecule has 126 valence electrons. The van der Waals surface area contributed by atoms with Gasteiger partial charge < -0.3 is 8.98 Å². The molecule has 4 rings (SSSR count). The molecule has 2 heterocycles. The number of imidazole rings is 1. The molecular weight excluding hydrogens is 346 g/mol. The Labute approximate surface area is 155 Å². The Morgan fingerprint density at radius 3 is 2.88 bits per heavy atom. The van der Waals surface area contributed by atoms with E-state index in [0.29, 0.717) is 28.7 Å². The number of benzene rings is 2. The lowest BCUT2D eigenvalue weighted by Gasteiger charge is -2.02. The third kappa shape index (κ3) is 3.26. The Hall–Kier alpha value is -3.29. The van der Waals surface area contributed by atoms with E-state index in [4.69, 9.17) is 16.0 Å². The molecule has 26 heavy (non-hydrogen) atoms. The van der Waals surface area contributed by atoms with Crippen LogP contribution in [-0.2, 0) is 6.54 Å². The zero-order chi connectivity index (χ0) is 17.9. The standard InChI is InChI=1S/C21H14ClN3O/c22-17-5-3-4-16(11-17)21-9-8-18(26-21)10-15(12-23)13-25-14-24-19-6-1-2-7-20(19)25/h1-11,14H,13H2/b15-10-. The van der Waals surface area contributed by atoms with Gasteiger partial charge in [0.2, 0.25) is 0 Å². The molecule has 5 heteroatoms. The molecule has 0 N–H and O–H groups in total. The van der Waals surface area contributed by atoms with E-state index in [1.54, 1.807) is 12.4 Å². The highest BCUT2D eigenvalue weighted by Gasteiger charge is 2.07. The number of halogens is 1. The average molecular weight is 360 g/mol. The minimum Gasteiger partial charge on any atom is -0.457 e. The second-order valence-corrected chi connectivity index (χ2v) is 6.29. The van der Waals surface area contributed by atoms with Crippen LogP contribution in [0.2, 0.25) is 5.02 Å². The van der Waals surface area contributed by atoms with E-state index in [9.17, 15) is 5.26 Å². The summed E-state index contributed by atoms with van der Waals surface area (Å²) < 4.78 is 7.80. The van der Waals surface area contributed by atoms with Crippen molar-refractivity contribution < 1.29 is 4.42 Å². The summed E-state index contributed by atoms with van der Waals surface area (Å²) in [6.07, 6.45) is 3.50. The highest BCUT2D eigenvalue weighted by atomic mass is 35.5. The number of aromatic nitrogens is 2. The average Bonchev–Trinajstić information content (AvgIpc) is 3.29. The summed E-state index contributed by atoms with van der Waals surface area (Å²) in [6, 6.07) is 21.3. The van der Waals surface area contributed by atoms with Crippen molar-refractivity contribution in [3.8, 4) is 17.4 Å². The van der Waals surface area contributed by atoms with Crippen LogP contribution < -0.4 is 0 Å². The molecule has 4 nitrogen and oxygen atoms in total. The van der Waals surface area contributed by atoms with Gasteiger partial charge in [0.15, 0.2) is 0 Å². The first-order chi connectivity index (χ1) is 12.7. The normalized spacial score (nSPS) is 11.6. The second kappa shape index (κ2) is 6.91. The van der Waals surface area contributed by atoms with Crippen LogP contribution in [0, 0.1) is 11.3 Å². The van der Waals surface area contributed by atoms with Gasteiger partial charge >= 0.3 is 0 Å². The van der Waals surface area contributed by atoms with E-state index in [-0.39, 0.29) is 0 Å². The van der Waals surface area contributed by atoms with E-state index in [1.165, 1.54) is 0 Å². The van der Waals surface area contributed by atoms with Crippen LogP contribution in [0.5, 0.6) is 0 Å². The molecule has 2 aromatic carbocycles. The molecule has 0 aliphatic carbocycles. The van der Waals surface area contributed by atoms with Gasteiger partial charge in [-0.15, -0.1) is 0 Å². The van der Waals surface area contributed by atoms with Gasteiger partial charge in [0.1, 0.15) is 11.5 Å². The van der Waals surface area contributed by atoms with Gasteiger partial charge in [-0.1, -0.05) is 35.9 Å². The van der Waals surface area contributed by atoms with E-state index < -0.39 is 0 Å². The van der Waals surface area contributed by atoms with Crippen molar-refractivity contribution in [2.45, 2.75) is 6.54 Å². The van der Waals surface area contributed by atoms with Crippen molar-refractivity contribution in [3.05, 3.63) is 83.3 Å². The minimum atomic E-state index is 0.435. The molecule has 0 amide bonds. The van der Waals surface area contributed by atoms with Crippen molar-refractivity contribution in [2.75, 3.05) is 0 Å². The van der Waals surface area contributed by atoms with Crippen molar-refractivity contribution >= 4 is 28.7 Å². The maximum atomic E-state index is 9.51. The van der Waals surface area contributed by atoms with E-state index in [0.717, 1.165) is 16.6 Å². The van der Waals surface area contributed by atoms with Gasteiger partial charge in [-0.2, -0.15) is 5.26 Å². The Kier molecular flexibility index (Phi) is 4.30. The maximum Gasteiger partial charge on any atom is 0.134 e. The number of nitriles is 1. The largest absolute Gasteiger partial charge is 0.457 e. The lowest BCUT2D eigenvalue weighted by molar-refractivity contribution is 0.571. The third-order valence-corrected chi connectivity index (χ3v) is 4.30. The molecule has 0 spiro atoms. The quantitative estimate of drug-likeness (QED) is 0.448. The Balaban J connectivity index is 1.61. The number of furan rings is 1. The Morgan fingerprint density at radius 2 is 2.04 bits per heavy atom. The summed E-state index contributed by atoms with van der Waals surface area (Å²) in [5, 5.41) is 10.2. The number of allylic oxidation sites excluding steroid dienone is 1. The zero-order valence-electron chi connectivity index (χ0n) is 13.8. The fraction of sp³-hybridized carbons (Fsp3) is 0.0476. The zero-order valence-corrected chi connectivity index (χ0v) is 14.5. The molecular formula is C21H14ClN3O. The lowest BCUT2D eigenvalue weighted by Crippen LogP contribution is -1.98. The highest BCUT2D eigenvalue weighted by Crippen LogP contribution is 2.26. The number of rotatable bonds is 4. The Bertz CT molecular complexity index is 1150. The fourth-order valence-electron chi connectivity index (χ4n) is 2.83. The van der Waals surface area contributed by atoms with Crippen LogP contribution in [0.4, 0.5) is 0 Å². The molecule has 2 aromatic heterocycles. The van der Waals surface area contributed by atoms with Crippen molar-refractivity contribution in [1.29, 1.82) is 5.26 Å². The highest BCUT2D eigenvalue weighted by molar-refractivity contribution is 6.30. The SMILES string of the molecule is N#C/C(=C/c1ccc(-c2cccc(Cl)c2)o1)Cn1cnc2ccccc21. The molecule has 0 saturated heterocycles. The van der Waals surface area contributed by atoms with Gasteiger partial charge in [-0.3, -0.25) is 0 Å². The maximum absolute atomic E-state index is 9.51. The molecule has 0 fully saturated rings. The molecule has 0 aliphatic heterocycles. The number of hydrogen-bond acceptors (Lipinski definition) is 3. The lowest BCUT2D eigenvalue weighted by atomic mass is 10.2. The van der Waals surface area contributed by atoms with Gasteiger partial charge in [0.25, 0.3) is 0 Å². The van der Waals surface area contributed by atoms with Crippen LogP contribution in [0.3, 0.4) is 0 Å². The van der Waals surface area contributed by atoms with E-state index >= 15 is 0 Å². The van der Waals surface area contributed by atoms with E-state index in [2.05, 4.69) is 11.1 Å². The summed E-state index contributed by atoms with van der Waals surface area (Å²) >= 11 is 6.03. The van der Waals surface area contributed by atoms with Gasteiger partial charge in [-0.25, -0.2) is 4.98 Å². The van der Waals surface area contributed by atoms with Crippen LogP contribution >= 0.6 is 11.6 Å². The van der Waals surface area contributed by atoms with Crippen LogP contribution in [0.25, 0.3) is 28.4 Å². The first-order valence-electron chi connectivity index (χ1n) is 8.09. The first kappa shape index (κ1) is 16.2. The fourth-order valence-corrected chi connectivity index (χ4v) is 3.02. The van der Waals surface area contributed by atoms with Crippen LogP contribution in [0.1, 0.15) is 5.76 Å². The smallest absolute Gasteiger partial charge is 0.134 e. The first-order valence-corrected chi connectivity index (χ1v) is 8.47. The van der Waals surface area contributed by atoms with Gasteiger partial charge in [-0.05, 0) is 42.5 Å². The molecule has 0 saturated carbocycles. The monoisotopic (exact) mass is 359 g/mol. The van der Waals surface area contributed by atoms with E-state index in [1.807, 2.05) is 65.2 Å². The summed E-state index contributed by atoms with van der Waals surface area (Å²) in [5.41, 5.74) is 3.38. The number of para-hydroxylation sites is 2. The predicted octanol–water partition coefficient (Wildman–Crippen LogP) is 5.56. The predicted molar refractivity (Wildman–Crippen MR) is 102 cm³/mol. The van der Waals surface area contributed by atoms with Crippen molar-refractivity contribution in [1.82, 2.24) is 9.55 Å². The van der Waals surface area contributed by atoms with Crippen LogP contribution in [0.15, 0.2) is 77.0 Å². The minimum absolute atomic E-state index is 0.435. The number of nitrogens with zero attached hydrogens (tertiary/aromatic N) is 3. The molecule has 0 unspecified atom stereocenters. The number of hydrogen-bond donors (Lipinski definition) is 0. The molecule has 0 bridgehead atoms. The summed E-state index contributed by atoms with van der Waals surface area (Å²) in [4.78, 5) is 4.36. The van der Waals surface area contributed by atoms with Gasteiger partial charge in [0.05, 0.1) is 35.5 Å². The molecule has 0 aliphatic rings. The summed E-state index contributed by atoms with van der Waals surface area (Å²) in [6.45, 7) is 0.435. The molecule has 0 radical (unpaired) electrons. The summed E-state index contributed by atoms with van der Waals surface area (Å²) in [7, 11) is 0. The molecule has 4 aromatic rings. The van der Waals surface area contributed by atoms with Crippen LogP contribution in [-0.4, -0.2) is 9.55 Å². The Morgan fingerprint density at radius 1 is 1.15 bits per heavy atom. The number of fused-ring (bicyclic) bond motifs is 1. The second-order valence-electron chi connectivity index (χ2n) is 5.85. The topological polar surface area (TPSA) is 54.8 Å². The third-order valence-electron chi connectivity index (χ3n) is 4.06. The van der Waals surface area contributed by atoms with Crippen molar-refractivity contribution in [2.24, 2.45) is 0 Å². The summed E-state index contributed by atoms with van der Waals surface area (Å²) in [5.74, 6) is 1.34.